The molecule has 3 aliphatic rings. The molecule has 0 N–H and O–H groups in total. The Hall–Kier alpha value is -1.79. The smallest absolute Gasteiger partial charge is 0.410 e. The second-order valence-corrected chi connectivity index (χ2v) is 8.20. The van der Waals surface area contributed by atoms with Gasteiger partial charge in [0, 0.05) is 18.5 Å². The van der Waals surface area contributed by atoms with Crippen molar-refractivity contribution < 1.29 is 23.9 Å². The number of rotatable bonds is 2. The maximum Gasteiger partial charge on any atom is 0.410 e. The molecule has 0 radical (unpaired) electrons. The molecule has 0 aromatic rings. The highest BCUT2D eigenvalue weighted by atomic mass is 16.7. The minimum absolute atomic E-state index is 0.0130. The number of hydrogen-bond donors (Lipinski definition) is 0. The van der Waals surface area contributed by atoms with E-state index in [9.17, 15) is 9.59 Å². The van der Waals surface area contributed by atoms with Gasteiger partial charge in [-0.15, -0.1) is 0 Å². The molecule has 2 heterocycles. The number of amides is 1. The van der Waals surface area contributed by atoms with E-state index in [4.69, 9.17) is 14.3 Å². The van der Waals surface area contributed by atoms with Gasteiger partial charge >= 0.3 is 12.1 Å². The SMILES string of the molecule is CCOC(=O)C1=NO[C@@H]2[C@H]1CCC21CCN(C(=O)OC(C)(C)C)CC1. The lowest BCUT2D eigenvalue weighted by Crippen LogP contribution is -2.48. The van der Waals surface area contributed by atoms with Crippen molar-refractivity contribution in [1.82, 2.24) is 4.90 Å². The van der Waals surface area contributed by atoms with Crippen molar-refractivity contribution in [1.29, 1.82) is 0 Å². The number of carbonyl (C=O) groups is 2. The van der Waals surface area contributed by atoms with E-state index in [1.54, 1.807) is 11.8 Å². The Morgan fingerprint density at radius 3 is 2.56 bits per heavy atom. The fourth-order valence-electron chi connectivity index (χ4n) is 4.20. The van der Waals surface area contributed by atoms with Crippen LogP contribution in [-0.4, -0.2) is 54.1 Å². The van der Waals surface area contributed by atoms with Crippen LogP contribution in [0.4, 0.5) is 4.79 Å². The number of oxime groups is 1. The normalized spacial score (nSPS) is 27.5. The fourth-order valence-corrected chi connectivity index (χ4v) is 4.20. The summed E-state index contributed by atoms with van der Waals surface area (Å²) < 4.78 is 10.5. The molecule has 2 atom stereocenters. The van der Waals surface area contributed by atoms with Crippen LogP contribution in [0.5, 0.6) is 0 Å². The quantitative estimate of drug-likeness (QED) is 0.714. The average Bonchev–Trinajstić information content (AvgIpc) is 3.09. The second-order valence-electron chi connectivity index (χ2n) is 8.20. The molecular formula is C18H28N2O5. The first-order valence-electron chi connectivity index (χ1n) is 9.14. The summed E-state index contributed by atoms with van der Waals surface area (Å²) in [5.41, 5.74) is -0.0685. The molecule has 3 rings (SSSR count). The Balaban J connectivity index is 1.60. The molecule has 1 aliphatic carbocycles. The molecule has 1 amide bonds. The lowest BCUT2D eigenvalue weighted by Gasteiger charge is -2.41. The number of esters is 1. The number of carbonyl (C=O) groups excluding carboxylic acids is 2. The van der Waals surface area contributed by atoms with E-state index in [0.717, 1.165) is 25.7 Å². The van der Waals surface area contributed by atoms with Gasteiger partial charge in [0.05, 0.1) is 12.5 Å². The van der Waals surface area contributed by atoms with Crippen molar-refractivity contribution in [3.63, 3.8) is 0 Å². The number of piperidine rings is 1. The fraction of sp³-hybridized carbons (Fsp3) is 0.833. The molecule has 0 bridgehead atoms. The van der Waals surface area contributed by atoms with Crippen LogP contribution < -0.4 is 0 Å². The zero-order chi connectivity index (χ0) is 18.2. The van der Waals surface area contributed by atoms with Crippen LogP contribution in [0.25, 0.3) is 0 Å². The van der Waals surface area contributed by atoms with Gasteiger partial charge in [0.15, 0.2) is 5.71 Å². The monoisotopic (exact) mass is 352 g/mol. The Bertz CT molecular complexity index is 573. The minimum Gasteiger partial charge on any atom is -0.461 e. The molecule has 0 aromatic carbocycles. The summed E-state index contributed by atoms with van der Waals surface area (Å²) in [6, 6.07) is 0. The lowest BCUT2D eigenvalue weighted by molar-refractivity contribution is -0.135. The van der Waals surface area contributed by atoms with Crippen molar-refractivity contribution in [2.45, 2.75) is 65.1 Å². The molecule has 25 heavy (non-hydrogen) atoms. The Kier molecular flexibility index (Phi) is 4.68. The summed E-state index contributed by atoms with van der Waals surface area (Å²) in [5, 5.41) is 4.03. The van der Waals surface area contributed by atoms with Crippen molar-refractivity contribution >= 4 is 17.8 Å². The summed E-state index contributed by atoms with van der Waals surface area (Å²) in [4.78, 5) is 31.7. The number of nitrogens with zero attached hydrogens (tertiary/aromatic N) is 2. The number of ether oxygens (including phenoxy) is 2. The van der Waals surface area contributed by atoms with E-state index in [0.29, 0.717) is 25.4 Å². The van der Waals surface area contributed by atoms with Gasteiger partial charge in [0.2, 0.25) is 0 Å². The predicted molar refractivity (Wildman–Crippen MR) is 91.1 cm³/mol. The molecule has 1 saturated heterocycles. The summed E-state index contributed by atoms with van der Waals surface area (Å²) in [7, 11) is 0. The van der Waals surface area contributed by atoms with E-state index in [-0.39, 0.29) is 29.5 Å². The van der Waals surface area contributed by atoms with E-state index < -0.39 is 5.60 Å². The van der Waals surface area contributed by atoms with Gasteiger partial charge in [-0.05, 0) is 53.4 Å². The molecule has 7 heteroatoms. The third kappa shape index (κ3) is 3.46. The van der Waals surface area contributed by atoms with E-state index >= 15 is 0 Å². The third-order valence-corrected chi connectivity index (χ3v) is 5.43. The van der Waals surface area contributed by atoms with Crippen LogP contribution in [0.15, 0.2) is 5.16 Å². The highest BCUT2D eigenvalue weighted by molar-refractivity contribution is 6.37. The molecule has 2 fully saturated rings. The molecule has 0 unspecified atom stereocenters. The summed E-state index contributed by atoms with van der Waals surface area (Å²) in [6.07, 6.45) is 3.23. The maximum atomic E-state index is 12.2. The van der Waals surface area contributed by atoms with Crippen molar-refractivity contribution in [3.05, 3.63) is 0 Å². The summed E-state index contributed by atoms with van der Waals surface area (Å²) in [5.74, 6) is -0.342. The maximum absolute atomic E-state index is 12.2. The van der Waals surface area contributed by atoms with Gasteiger partial charge in [-0.2, -0.15) is 0 Å². The molecule has 1 spiro atoms. The second kappa shape index (κ2) is 6.50. The van der Waals surface area contributed by atoms with Gasteiger partial charge in [-0.1, -0.05) is 5.16 Å². The topological polar surface area (TPSA) is 77.4 Å². The first kappa shape index (κ1) is 18.0. The zero-order valence-corrected chi connectivity index (χ0v) is 15.5. The number of hydrogen-bond acceptors (Lipinski definition) is 6. The summed E-state index contributed by atoms with van der Waals surface area (Å²) >= 11 is 0. The largest absolute Gasteiger partial charge is 0.461 e. The Morgan fingerprint density at radius 2 is 1.96 bits per heavy atom. The van der Waals surface area contributed by atoms with Crippen molar-refractivity contribution in [2.24, 2.45) is 16.5 Å². The van der Waals surface area contributed by atoms with Crippen LogP contribution in [-0.2, 0) is 19.1 Å². The molecule has 2 aliphatic heterocycles. The molecule has 140 valence electrons. The van der Waals surface area contributed by atoms with Crippen LogP contribution in [0.2, 0.25) is 0 Å². The molecule has 0 aromatic heterocycles. The van der Waals surface area contributed by atoms with Gasteiger partial charge in [0.25, 0.3) is 0 Å². The minimum atomic E-state index is -0.485. The third-order valence-electron chi connectivity index (χ3n) is 5.43. The molecular weight excluding hydrogens is 324 g/mol. The van der Waals surface area contributed by atoms with Gasteiger partial charge in [0.1, 0.15) is 11.7 Å². The van der Waals surface area contributed by atoms with Crippen LogP contribution >= 0.6 is 0 Å². The first-order chi connectivity index (χ1) is 11.8. The average molecular weight is 352 g/mol. The van der Waals surface area contributed by atoms with Crippen LogP contribution in [0.1, 0.15) is 53.4 Å². The number of likely N-dealkylation sites (tertiary alicyclic amines) is 1. The highest BCUT2D eigenvalue weighted by Gasteiger charge is 2.57. The van der Waals surface area contributed by atoms with Crippen molar-refractivity contribution in [3.8, 4) is 0 Å². The van der Waals surface area contributed by atoms with Gasteiger partial charge < -0.3 is 19.2 Å². The van der Waals surface area contributed by atoms with Crippen molar-refractivity contribution in [2.75, 3.05) is 19.7 Å². The van der Waals surface area contributed by atoms with E-state index in [1.807, 2.05) is 20.8 Å². The van der Waals surface area contributed by atoms with E-state index in [1.165, 1.54) is 0 Å². The van der Waals surface area contributed by atoms with Gasteiger partial charge in [-0.25, -0.2) is 9.59 Å². The van der Waals surface area contributed by atoms with Crippen LogP contribution in [0.3, 0.4) is 0 Å². The standard InChI is InChI=1S/C18H28N2O5/c1-5-23-15(21)13-12-6-7-18(14(12)25-19-13)8-10-20(11-9-18)16(22)24-17(2,3)4/h12,14H,5-11H2,1-4H3/t12-,14+/m0/s1. The number of fused-ring (bicyclic) bond motifs is 2. The molecule has 7 nitrogen and oxygen atoms in total. The first-order valence-corrected chi connectivity index (χ1v) is 9.14. The summed E-state index contributed by atoms with van der Waals surface area (Å²) in [6.45, 7) is 9.04. The Labute approximate surface area is 148 Å². The lowest BCUT2D eigenvalue weighted by atomic mass is 9.74. The highest BCUT2D eigenvalue weighted by Crippen LogP contribution is 2.53. The predicted octanol–water partition coefficient (Wildman–Crippen LogP) is 2.73. The molecule has 1 saturated carbocycles. The Morgan fingerprint density at radius 1 is 1.28 bits per heavy atom. The van der Waals surface area contributed by atoms with E-state index in [2.05, 4.69) is 5.16 Å². The van der Waals surface area contributed by atoms with Crippen LogP contribution in [0, 0.1) is 11.3 Å². The van der Waals surface area contributed by atoms with Gasteiger partial charge in [-0.3, -0.25) is 0 Å². The zero-order valence-electron chi connectivity index (χ0n) is 15.5.